The van der Waals surface area contributed by atoms with E-state index in [2.05, 4.69) is 5.32 Å². The highest BCUT2D eigenvalue weighted by atomic mass is 16.5. The summed E-state index contributed by atoms with van der Waals surface area (Å²) in [5.41, 5.74) is 2.24. The van der Waals surface area contributed by atoms with Crippen LogP contribution in [0.5, 0.6) is 0 Å². The van der Waals surface area contributed by atoms with Crippen LogP contribution in [0.25, 0.3) is 10.9 Å². The second-order valence-corrected chi connectivity index (χ2v) is 7.60. The first kappa shape index (κ1) is 23.4. The minimum absolute atomic E-state index is 0.153. The van der Waals surface area contributed by atoms with Gasteiger partial charge in [0, 0.05) is 26.5 Å². The predicted octanol–water partition coefficient (Wildman–Crippen LogP) is 3.59. The van der Waals surface area contributed by atoms with E-state index in [4.69, 9.17) is 14.5 Å². The zero-order valence-corrected chi connectivity index (χ0v) is 19.0. The number of hydrogen-bond donors (Lipinski definition) is 1. The predicted molar refractivity (Wildman–Crippen MR) is 125 cm³/mol. The normalized spacial score (nSPS) is 12.0. The third-order valence-corrected chi connectivity index (χ3v) is 5.35. The standard InChI is InChI=1S/C24H30N4O4/c1-17-9-11-19(12-10-17)25-24(30)27(13-15-31-3)18(2)22-26-21-8-6-5-7-20(21)23(29)28(22)14-16-32-4/h5-12,18H,13-16H2,1-4H3,(H,25,30). The summed E-state index contributed by atoms with van der Waals surface area (Å²) in [6.45, 7) is 5.23. The largest absolute Gasteiger partial charge is 0.383 e. The fraction of sp³-hybridized carbons (Fsp3) is 0.375. The van der Waals surface area contributed by atoms with Crippen molar-refractivity contribution in [3.8, 4) is 0 Å². The van der Waals surface area contributed by atoms with Crippen LogP contribution in [0.3, 0.4) is 0 Å². The molecule has 1 heterocycles. The zero-order chi connectivity index (χ0) is 23.1. The van der Waals surface area contributed by atoms with E-state index < -0.39 is 6.04 Å². The van der Waals surface area contributed by atoms with Crippen LogP contribution in [-0.2, 0) is 16.0 Å². The molecule has 170 valence electrons. The molecule has 0 bridgehead atoms. The van der Waals surface area contributed by atoms with E-state index in [1.807, 2.05) is 50.2 Å². The highest BCUT2D eigenvalue weighted by Crippen LogP contribution is 2.21. The highest BCUT2D eigenvalue weighted by molar-refractivity contribution is 5.89. The van der Waals surface area contributed by atoms with Gasteiger partial charge in [0.25, 0.3) is 5.56 Å². The summed E-state index contributed by atoms with van der Waals surface area (Å²) < 4.78 is 12.0. The molecule has 32 heavy (non-hydrogen) atoms. The number of ether oxygens (including phenoxy) is 2. The molecule has 1 atom stereocenters. The summed E-state index contributed by atoms with van der Waals surface area (Å²) >= 11 is 0. The lowest BCUT2D eigenvalue weighted by molar-refractivity contribution is 0.134. The van der Waals surface area contributed by atoms with Gasteiger partial charge in [-0.05, 0) is 38.1 Å². The maximum Gasteiger partial charge on any atom is 0.322 e. The molecule has 2 aromatic carbocycles. The molecule has 0 aliphatic heterocycles. The molecule has 0 aliphatic rings. The smallest absolute Gasteiger partial charge is 0.322 e. The molecule has 0 saturated carbocycles. The fourth-order valence-corrected chi connectivity index (χ4v) is 3.54. The van der Waals surface area contributed by atoms with Crippen molar-refractivity contribution in [1.29, 1.82) is 0 Å². The van der Waals surface area contributed by atoms with Crippen LogP contribution in [-0.4, -0.2) is 54.5 Å². The molecule has 1 aromatic heterocycles. The Kier molecular flexibility index (Phi) is 7.97. The maximum absolute atomic E-state index is 13.2. The van der Waals surface area contributed by atoms with E-state index in [1.54, 1.807) is 35.8 Å². The van der Waals surface area contributed by atoms with Gasteiger partial charge in [0.1, 0.15) is 5.82 Å². The van der Waals surface area contributed by atoms with Crippen molar-refractivity contribution in [3.63, 3.8) is 0 Å². The number of aromatic nitrogens is 2. The van der Waals surface area contributed by atoms with Gasteiger partial charge in [0.05, 0.1) is 36.7 Å². The number of fused-ring (bicyclic) bond motifs is 1. The fourth-order valence-electron chi connectivity index (χ4n) is 3.54. The van der Waals surface area contributed by atoms with Crippen molar-refractivity contribution in [2.24, 2.45) is 0 Å². The molecule has 0 aliphatic carbocycles. The molecular weight excluding hydrogens is 408 g/mol. The Bertz CT molecular complexity index is 1110. The minimum Gasteiger partial charge on any atom is -0.383 e. The number of anilines is 1. The molecule has 0 spiro atoms. The lowest BCUT2D eigenvalue weighted by Gasteiger charge is -2.30. The number of benzene rings is 2. The highest BCUT2D eigenvalue weighted by Gasteiger charge is 2.26. The Labute approximate surface area is 187 Å². The van der Waals surface area contributed by atoms with Crippen LogP contribution in [0.1, 0.15) is 24.4 Å². The molecular formula is C24H30N4O4. The third kappa shape index (κ3) is 5.33. The number of carbonyl (C=O) groups excluding carboxylic acids is 1. The molecule has 3 rings (SSSR count). The average molecular weight is 439 g/mol. The summed E-state index contributed by atoms with van der Waals surface area (Å²) in [5.74, 6) is 0.501. The molecule has 0 fully saturated rings. The number of urea groups is 1. The zero-order valence-electron chi connectivity index (χ0n) is 19.0. The van der Waals surface area contributed by atoms with Gasteiger partial charge < -0.3 is 19.7 Å². The molecule has 0 radical (unpaired) electrons. The molecule has 0 saturated heterocycles. The number of hydrogen-bond acceptors (Lipinski definition) is 5. The van der Waals surface area contributed by atoms with Crippen molar-refractivity contribution >= 4 is 22.6 Å². The van der Waals surface area contributed by atoms with Crippen LogP contribution in [0.15, 0.2) is 53.3 Å². The van der Waals surface area contributed by atoms with Crippen molar-refractivity contribution in [2.45, 2.75) is 26.4 Å². The lowest BCUT2D eigenvalue weighted by atomic mass is 10.2. The minimum atomic E-state index is -0.482. The Hall–Kier alpha value is -3.23. The number of carbonyl (C=O) groups is 1. The number of nitrogens with zero attached hydrogens (tertiary/aromatic N) is 3. The lowest BCUT2D eigenvalue weighted by Crippen LogP contribution is -2.42. The molecule has 1 N–H and O–H groups in total. The van der Waals surface area contributed by atoms with Crippen LogP contribution in [0.4, 0.5) is 10.5 Å². The number of para-hydroxylation sites is 1. The Morgan fingerprint density at radius 1 is 1.09 bits per heavy atom. The van der Waals surface area contributed by atoms with E-state index in [0.717, 1.165) is 5.56 Å². The Morgan fingerprint density at radius 2 is 1.78 bits per heavy atom. The number of nitrogens with one attached hydrogen (secondary N) is 1. The quantitative estimate of drug-likeness (QED) is 0.552. The van der Waals surface area contributed by atoms with Gasteiger partial charge in [-0.1, -0.05) is 29.8 Å². The molecule has 1 unspecified atom stereocenters. The van der Waals surface area contributed by atoms with Gasteiger partial charge in [0.2, 0.25) is 0 Å². The van der Waals surface area contributed by atoms with Crippen molar-refractivity contribution in [1.82, 2.24) is 14.5 Å². The van der Waals surface area contributed by atoms with E-state index in [-0.39, 0.29) is 11.6 Å². The van der Waals surface area contributed by atoms with Gasteiger partial charge >= 0.3 is 6.03 Å². The molecule has 3 aromatic rings. The monoisotopic (exact) mass is 438 g/mol. The van der Waals surface area contributed by atoms with Gasteiger partial charge in [-0.15, -0.1) is 0 Å². The van der Waals surface area contributed by atoms with Gasteiger partial charge in [-0.25, -0.2) is 9.78 Å². The van der Waals surface area contributed by atoms with Crippen molar-refractivity contribution in [2.75, 3.05) is 39.3 Å². The van der Waals surface area contributed by atoms with E-state index >= 15 is 0 Å². The maximum atomic E-state index is 13.2. The van der Waals surface area contributed by atoms with Gasteiger partial charge in [0.15, 0.2) is 0 Å². The van der Waals surface area contributed by atoms with Crippen LogP contribution in [0.2, 0.25) is 0 Å². The second-order valence-electron chi connectivity index (χ2n) is 7.60. The SMILES string of the molecule is COCCN(C(=O)Nc1ccc(C)cc1)C(C)c1nc2ccccc2c(=O)n1CCOC. The summed E-state index contributed by atoms with van der Waals surface area (Å²) in [5, 5.41) is 3.47. The van der Waals surface area contributed by atoms with Crippen molar-refractivity contribution in [3.05, 3.63) is 70.3 Å². The first-order chi connectivity index (χ1) is 15.5. The van der Waals surface area contributed by atoms with Crippen LogP contribution < -0.4 is 10.9 Å². The van der Waals surface area contributed by atoms with E-state index in [9.17, 15) is 9.59 Å². The average Bonchev–Trinajstić information content (AvgIpc) is 2.80. The first-order valence-electron chi connectivity index (χ1n) is 10.6. The number of rotatable bonds is 9. The summed E-state index contributed by atoms with van der Waals surface area (Å²) in [6, 6.07) is 14.0. The summed E-state index contributed by atoms with van der Waals surface area (Å²) in [4.78, 5) is 32.8. The van der Waals surface area contributed by atoms with Crippen LogP contribution in [0, 0.1) is 6.92 Å². The van der Waals surface area contributed by atoms with E-state index in [0.29, 0.717) is 48.7 Å². The Morgan fingerprint density at radius 3 is 2.47 bits per heavy atom. The summed E-state index contributed by atoms with van der Waals surface area (Å²) in [7, 11) is 3.17. The molecule has 2 amide bonds. The van der Waals surface area contributed by atoms with Gasteiger partial charge in [-0.3, -0.25) is 9.36 Å². The molecule has 8 nitrogen and oxygen atoms in total. The third-order valence-electron chi connectivity index (χ3n) is 5.35. The molecule has 8 heteroatoms. The number of aryl methyl sites for hydroxylation is 1. The van der Waals surface area contributed by atoms with E-state index in [1.165, 1.54) is 0 Å². The first-order valence-corrected chi connectivity index (χ1v) is 10.6. The van der Waals surface area contributed by atoms with Crippen LogP contribution >= 0.6 is 0 Å². The number of amides is 2. The number of methoxy groups -OCH3 is 2. The second kappa shape index (κ2) is 10.9. The Balaban J connectivity index is 2.00. The topological polar surface area (TPSA) is 85.7 Å². The van der Waals surface area contributed by atoms with Gasteiger partial charge in [-0.2, -0.15) is 0 Å². The summed E-state index contributed by atoms with van der Waals surface area (Å²) in [6.07, 6.45) is 0. The van der Waals surface area contributed by atoms with Crippen molar-refractivity contribution < 1.29 is 14.3 Å².